The van der Waals surface area contributed by atoms with Gasteiger partial charge in [-0.15, -0.1) is 12.4 Å². The molecule has 1 rings (SSSR count). The molecule has 0 aliphatic carbocycles. The molecule has 2 amide bonds. The van der Waals surface area contributed by atoms with Crippen LogP contribution in [0.2, 0.25) is 0 Å². The number of hydrogen-bond donors (Lipinski definition) is 3. The monoisotopic (exact) mass is 286 g/mol. The number of amides is 2. The molecular weight excluding hydrogens is 268 g/mol. The fourth-order valence-electron chi connectivity index (χ4n) is 1.33. The standard InChI is InChI=1S/C12H18N4O2.ClH/c1-2-5-14-6-7-15-12(18)10-4-3-9(8-16-10)11(13)17;/h3-4,8,14H,2,5-7H2,1H3,(H2,13,17)(H,15,18);1H. The summed E-state index contributed by atoms with van der Waals surface area (Å²) in [5, 5.41) is 5.90. The highest BCUT2D eigenvalue weighted by Gasteiger charge is 2.07. The van der Waals surface area contributed by atoms with Crippen LogP contribution in [0.25, 0.3) is 0 Å². The number of aromatic nitrogens is 1. The number of primary amides is 1. The zero-order valence-electron chi connectivity index (χ0n) is 10.8. The molecule has 0 atom stereocenters. The van der Waals surface area contributed by atoms with Crippen molar-refractivity contribution >= 4 is 24.2 Å². The fourth-order valence-corrected chi connectivity index (χ4v) is 1.33. The maximum atomic E-state index is 11.6. The molecule has 0 radical (unpaired) electrons. The van der Waals surface area contributed by atoms with E-state index >= 15 is 0 Å². The number of nitrogens with one attached hydrogen (secondary N) is 2. The number of nitrogens with zero attached hydrogens (tertiary/aromatic N) is 1. The Bertz CT molecular complexity index is 409. The first-order chi connectivity index (χ1) is 8.65. The van der Waals surface area contributed by atoms with Gasteiger partial charge in [0.1, 0.15) is 5.69 Å². The Hall–Kier alpha value is -1.66. The maximum Gasteiger partial charge on any atom is 0.269 e. The summed E-state index contributed by atoms with van der Waals surface area (Å²) in [4.78, 5) is 26.4. The summed E-state index contributed by atoms with van der Waals surface area (Å²) < 4.78 is 0. The van der Waals surface area contributed by atoms with Crippen molar-refractivity contribution in [2.24, 2.45) is 5.73 Å². The molecule has 1 aromatic rings. The number of nitrogens with two attached hydrogens (primary N) is 1. The van der Waals surface area contributed by atoms with Crippen molar-refractivity contribution in [1.29, 1.82) is 0 Å². The first kappa shape index (κ1) is 17.3. The second kappa shape index (κ2) is 9.29. The fraction of sp³-hybridized carbons (Fsp3) is 0.417. The number of halogens is 1. The SMILES string of the molecule is CCCNCCNC(=O)c1ccc(C(N)=O)cn1.Cl. The number of carbonyl (C=O) groups excluding carboxylic acids is 2. The lowest BCUT2D eigenvalue weighted by Gasteiger charge is -2.05. The van der Waals surface area contributed by atoms with E-state index in [1.165, 1.54) is 18.3 Å². The van der Waals surface area contributed by atoms with E-state index in [1.54, 1.807) is 0 Å². The Labute approximate surface area is 118 Å². The van der Waals surface area contributed by atoms with E-state index in [9.17, 15) is 9.59 Å². The van der Waals surface area contributed by atoms with E-state index < -0.39 is 5.91 Å². The van der Waals surface area contributed by atoms with E-state index in [4.69, 9.17) is 5.73 Å². The average molecular weight is 287 g/mol. The van der Waals surface area contributed by atoms with Gasteiger partial charge in [0, 0.05) is 19.3 Å². The summed E-state index contributed by atoms with van der Waals surface area (Å²) in [6, 6.07) is 2.97. The van der Waals surface area contributed by atoms with Gasteiger partial charge in [-0.05, 0) is 25.1 Å². The first-order valence-electron chi connectivity index (χ1n) is 5.90. The van der Waals surface area contributed by atoms with Gasteiger partial charge in [0.2, 0.25) is 5.91 Å². The Morgan fingerprint density at radius 1 is 1.26 bits per heavy atom. The minimum atomic E-state index is -0.557. The van der Waals surface area contributed by atoms with E-state index in [1.807, 2.05) is 0 Å². The molecule has 7 heteroatoms. The molecule has 6 nitrogen and oxygen atoms in total. The third-order valence-electron chi connectivity index (χ3n) is 2.29. The van der Waals surface area contributed by atoms with Gasteiger partial charge in [-0.25, -0.2) is 0 Å². The van der Waals surface area contributed by atoms with E-state index in [0.717, 1.165) is 19.5 Å². The van der Waals surface area contributed by atoms with Crippen LogP contribution in [0.1, 0.15) is 34.2 Å². The van der Waals surface area contributed by atoms with Crippen molar-refractivity contribution in [2.45, 2.75) is 13.3 Å². The molecule has 4 N–H and O–H groups in total. The number of pyridine rings is 1. The predicted octanol–water partition coefficient (Wildman–Crippen LogP) is 0.332. The number of rotatable bonds is 7. The molecule has 0 bridgehead atoms. The van der Waals surface area contributed by atoms with Crippen LogP contribution in [0, 0.1) is 0 Å². The second-order valence-corrected chi connectivity index (χ2v) is 3.80. The largest absolute Gasteiger partial charge is 0.366 e. The highest BCUT2D eigenvalue weighted by Crippen LogP contribution is 1.99. The smallest absolute Gasteiger partial charge is 0.269 e. The van der Waals surface area contributed by atoms with Crippen molar-refractivity contribution in [3.8, 4) is 0 Å². The zero-order chi connectivity index (χ0) is 13.4. The van der Waals surface area contributed by atoms with Crippen molar-refractivity contribution in [1.82, 2.24) is 15.6 Å². The Morgan fingerprint density at radius 3 is 2.53 bits per heavy atom. The molecule has 0 saturated carbocycles. The lowest BCUT2D eigenvalue weighted by Crippen LogP contribution is -2.32. The van der Waals surface area contributed by atoms with Gasteiger partial charge in [-0.3, -0.25) is 14.6 Å². The van der Waals surface area contributed by atoms with E-state index in [0.29, 0.717) is 6.54 Å². The normalized spacial score (nSPS) is 9.53. The van der Waals surface area contributed by atoms with E-state index in [2.05, 4.69) is 22.5 Å². The van der Waals surface area contributed by atoms with Gasteiger partial charge in [-0.1, -0.05) is 6.92 Å². The second-order valence-electron chi connectivity index (χ2n) is 3.80. The van der Waals surface area contributed by atoms with Crippen molar-refractivity contribution in [3.05, 3.63) is 29.6 Å². The van der Waals surface area contributed by atoms with Gasteiger partial charge in [0.25, 0.3) is 5.91 Å². The summed E-state index contributed by atoms with van der Waals surface area (Å²) in [6.07, 6.45) is 2.36. The topological polar surface area (TPSA) is 97.1 Å². The maximum absolute atomic E-state index is 11.6. The van der Waals surface area contributed by atoms with Crippen molar-refractivity contribution < 1.29 is 9.59 Å². The summed E-state index contributed by atoms with van der Waals surface area (Å²) >= 11 is 0. The highest BCUT2D eigenvalue weighted by atomic mass is 35.5. The molecule has 19 heavy (non-hydrogen) atoms. The lowest BCUT2D eigenvalue weighted by molar-refractivity contribution is 0.0946. The number of carbonyl (C=O) groups is 2. The molecule has 106 valence electrons. The van der Waals surface area contributed by atoms with Crippen LogP contribution in [0.5, 0.6) is 0 Å². The molecule has 0 unspecified atom stereocenters. The van der Waals surface area contributed by atoms with Gasteiger partial charge in [0.05, 0.1) is 5.56 Å². The molecule has 0 saturated heterocycles. The van der Waals surface area contributed by atoms with Gasteiger partial charge in [0.15, 0.2) is 0 Å². The van der Waals surface area contributed by atoms with Crippen LogP contribution < -0.4 is 16.4 Å². The van der Waals surface area contributed by atoms with Crippen LogP contribution in [0.4, 0.5) is 0 Å². The van der Waals surface area contributed by atoms with Gasteiger partial charge >= 0.3 is 0 Å². The summed E-state index contributed by atoms with van der Waals surface area (Å²) in [5.41, 5.74) is 5.64. The molecule has 0 spiro atoms. The molecular formula is C12H19ClN4O2. The third-order valence-corrected chi connectivity index (χ3v) is 2.29. The Morgan fingerprint density at radius 2 is 2.00 bits per heavy atom. The summed E-state index contributed by atoms with van der Waals surface area (Å²) in [5.74, 6) is -0.817. The molecule has 0 fully saturated rings. The van der Waals surface area contributed by atoms with Crippen LogP contribution in [0.15, 0.2) is 18.3 Å². The van der Waals surface area contributed by atoms with Crippen molar-refractivity contribution in [3.63, 3.8) is 0 Å². The van der Waals surface area contributed by atoms with Gasteiger partial charge < -0.3 is 16.4 Å². The molecule has 0 aromatic carbocycles. The van der Waals surface area contributed by atoms with E-state index in [-0.39, 0.29) is 29.6 Å². The summed E-state index contributed by atoms with van der Waals surface area (Å²) in [7, 11) is 0. The molecule has 0 aliphatic heterocycles. The minimum Gasteiger partial charge on any atom is -0.366 e. The first-order valence-corrected chi connectivity index (χ1v) is 5.90. The number of hydrogen-bond acceptors (Lipinski definition) is 4. The van der Waals surface area contributed by atoms with Crippen LogP contribution in [-0.2, 0) is 0 Å². The molecule has 1 heterocycles. The van der Waals surface area contributed by atoms with Crippen LogP contribution in [-0.4, -0.2) is 36.4 Å². The lowest BCUT2D eigenvalue weighted by atomic mass is 10.2. The minimum absolute atomic E-state index is 0. The molecule has 0 aliphatic rings. The van der Waals surface area contributed by atoms with Gasteiger partial charge in [-0.2, -0.15) is 0 Å². The predicted molar refractivity (Wildman–Crippen MR) is 75.5 cm³/mol. The van der Waals surface area contributed by atoms with Crippen LogP contribution in [0.3, 0.4) is 0 Å². The highest BCUT2D eigenvalue weighted by molar-refractivity contribution is 5.95. The zero-order valence-corrected chi connectivity index (χ0v) is 11.6. The Kier molecular flexibility index (Phi) is 8.48. The third kappa shape index (κ3) is 6.17. The Balaban J connectivity index is 0.00000324. The summed E-state index contributed by atoms with van der Waals surface area (Å²) in [6.45, 7) is 4.27. The quantitative estimate of drug-likeness (QED) is 0.629. The van der Waals surface area contributed by atoms with Crippen molar-refractivity contribution in [2.75, 3.05) is 19.6 Å². The average Bonchev–Trinajstić information content (AvgIpc) is 2.38. The molecule has 1 aromatic heterocycles. The van der Waals surface area contributed by atoms with Crippen LogP contribution >= 0.6 is 12.4 Å².